The van der Waals surface area contributed by atoms with Crippen LogP contribution in [-0.4, -0.2) is 23.7 Å². The molecule has 5 nitrogen and oxygen atoms in total. The molecule has 2 unspecified atom stereocenters. The second-order valence-electron chi connectivity index (χ2n) is 5.40. The maximum atomic E-state index is 12.0. The Balaban J connectivity index is 1.62. The summed E-state index contributed by atoms with van der Waals surface area (Å²) in [5, 5.41) is 6.88. The van der Waals surface area contributed by atoms with Crippen LogP contribution in [0.3, 0.4) is 0 Å². The summed E-state index contributed by atoms with van der Waals surface area (Å²) in [4.78, 5) is 12.0. The van der Waals surface area contributed by atoms with Gasteiger partial charge in [-0.2, -0.15) is 0 Å². The molecule has 1 amide bonds. The highest BCUT2D eigenvalue weighted by atomic mass is 16.5. The Morgan fingerprint density at radius 1 is 1.44 bits per heavy atom. The first-order chi connectivity index (χ1) is 8.78. The van der Waals surface area contributed by atoms with Crippen LogP contribution in [0.2, 0.25) is 0 Å². The molecule has 1 aromatic rings. The molecule has 0 aromatic carbocycles. The molecule has 5 heteroatoms. The molecular weight excluding hydrogens is 230 g/mol. The molecule has 2 aliphatic carbocycles. The monoisotopic (exact) mass is 249 g/mol. The van der Waals surface area contributed by atoms with Crippen molar-refractivity contribution in [2.75, 3.05) is 6.54 Å². The van der Waals surface area contributed by atoms with Gasteiger partial charge in [0.2, 0.25) is 0 Å². The van der Waals surface area contributed by atoms with Crippen LogP contribution in [0.1, 0.15) is 54.3 Å². The molecule has 3 rings (SSSR count). The molecule has 2 atom stereocenters. The van der Waals surface area contributed by atoms with Gasteiger partial charge >= 0.3 is 0 Å². The van der Waals surface area contributed by atoms with Gasteiger partial charge in [-0.15, -0.1) is 0 Å². The minimum absolute atomic E-state index is 0.129. The topological polar surface area (TPSA) is 81.1 Å². The lowest BCUT2D eigenvalue weighted by molar-refractivity contribution is 0.0919. The summed E-state index contributed by atoms with van der Waals surface area (Å²) >= 11 is 0. The number of carbonyl (C=O) groups is 1. The van der Waals surface area contributed by atoms with Gasteiger partial charge < -0.3 is 15.6 Å². The first-order valence-corrected chi connectivity index (χ1v) is 6.75. The molecule has 2 aliphatic rings. The number of nitrogens with two attached hydrogens (primary N) is 1. The molecule has 1 aromatic heterocycles. The Hall–Kier alpha value is -1.36. The molecule has 18 heavy (non-hydrogen) atoms. The Labute approximate surface area is 106 Å². The predicted octanol–water partition coefficient (Wildman–Crippen LogP) is 1.41. The first kappa shape index (κ1) is 11.7. The zero-order valence-electron chi connectivity index (χ0n) is 10.4. The molecule has 2 fully saturated rings. The van der Waals surface area contributed by atoms with Crippen LogP contribution >= 0.6 is 0 Å². The molecule has 98 valence electrons. The van der Waals surface area contributed by atoms with Crippen molar-refractivity contribution in [1.29, 1.82) is 0 Å². The zero-order chi connectivity index (χ0) is 12.5. The van der Waals surface area contributed by atoms with Crippen LogP contribution in [0.5, 0.6) is 0 Å². The highest BCUT2D eigenvalue weighted by Crippen LogP contribution is 2.40. The van der Waals surface area contributed by atoms with Crippen molar-refractivity contribution in [1.82, 2.24) is 10.5 Å². The fourth-order valence-electron chi connectivity index (χ4n) is 2.71. The average molecular weight is 249 g/mol. The molecule has 0 spiro atoms. The first-order valence-electron chi connectivity index (χ1n) is 6.75. The van der Waals surface area contributed by atoms with Crippen molar-refractivity contribution >= 4 is 5.91 Å². The highest BCUT2D eigenvalue weighted by molar-refractivity contribution is 5.92. The minimum Gasteiger partial charge on any atom is -0.360 e. The SMILES string of the molecule is NCC1CCCC1NC(=O)c1cc(C2CC2)on1. The minimum atomic E-state index is -0.129. The van der Waals surface area contributed by atoms with Gasteiger partial charge in [-0.3, -0.25) is 4.79 Å². The van der Waals surface area contributed by atoms with Gasteiger partial charge in [-0.25, -0.2) is 0 Å². The van der Waals surface area contributed by atoms with Crippen LogP contribution in [0.15, 0.2) is 10.6 Å². The van der Waals surface area contributed by atoms with E-state index in [9.17, 15) is 4.79 Å². The third kappa shape index (κ3) is 2.27. The third-order valence-electron chi connectivity index (χ3n) is 4.02. The van der Waals surface area contributed by atoms with E-state index in [0.717, 1.165) is 37.9 Å². The number of rotatable bonds is 4. The predicted molar refractivity (Wildman–Crippen MR) is 66.1 cm³/mol. The zero-order valence-corrected chi connectivity index (χ0v) is 10.4. The number of hydrogen-bond donors (Lipinski definition) is 2. The quantitative estimate of drug-likeness (QED) is 0.845. The molecule has 3 N–H and O–H groups in total. The number of nitrogens with one attached hydrogen (secondary N) is 1. The summed E-state index contributed by atoms with van der Waals surface area (Å²) in [6, 6.07) is 1.97. The fourth-order valence-corrected chi connectivity index (χ4v) is 2.71. The van der Waals surface area contributed by atoms with Crippen LogP contribution in [0, 0.1) is 5.92 Å². The van der Waals surface area contributed by atoms with E-state index < -0.39 is 0 Å². The van der Waals surface area contributed by atoms with Crippen LogP contribution in [0.4, 0.5) is 0 Å². The highest BCUT2D eigenvalue weighted by Gasteiger charge is 2.31. The summed E-state index contributed by atoms with van der Waals surface area (Å²) in [5.74, 6) is 1.61. The molecule has 0 saturated heterocycles. The van der Waals surface area contributed by atoms with E-state index in [1.165, 1.54) is 0 Å². The van der Waals surface area contributed by atoms with Crippen LogP contribution < -0.4 is 11.1 Å². The Morgan fingerprint density at radius 2 is 2.28 bits per heavy atom. The summed E-state index contributed by atoms with van der Waals surface area (Å²) < 4.78 is 5.19. The molecule has 2 saturated carbocycles. The average Bonchev–Trinajstić information content (AvgIpc) is 2.93. The van der Waals surface area contributed by atoms with Crippen LogP contribution in [-0.2, 0) is 0 Å². The summed E-state index contributed by atoms with van der Waals surface area (Å²) in [5.41, 5.74) is 6.11. The lowest BCUT2D eigenvalue weighted by Crippen LogP contribution is -2.39. The van der Waals surface area contributed by atoms with Gasteiger partial charge in [-0.05, 0) is 38.1 Å². The molecule has 0 aliphatic heterocycles. The maximum Gasteiger partial charge on any atom is 0.273 e. The van der Waals surface area contributed by atoms with Gasteiger partial charge in [0.05, 0.1) is 0 Å². The summed E-state index contributed by atoms with van der Waals surface area (Å²) in [6.07, 6.45) is 5.55. The standard InChI is InChI=1S/C13H19N3O2/c14-7-9-2-1-3-10(9)15-13(17)11-6-12(18-16-11)8-4-5-8/h6,8-10H,1-5,7,14H2,(H,15,17). The van der Waals surface area contributed by atoms with Gasteiger partial charge in [-0.1, -0.05) is 11.6 Å². The Bertz CT molecular complexity index is 439. The van der Waals surface area contributed by atoms with Crippen molar-refractivity contribution in [2.45, 2.75) is 44.1 Å². The van der Waals surface area contributed by atoms with E-state index in [-0.39, 0.29) is 11.9 Å². The smallest absolute Gasteiger partial charge is 0.273 e. The normalized spacial score (nSPS) is 27.4. The molecular formula is C13H19N3O2. The maximum absolute atomic E-state index is 12.0. The van der Waals surface area contributed by atoms with E-state index in [2.05, 4.69) is 10.5 Å². The molecule has 1 heterocycles. The summed E-state index contributed by atoms with van der Waals surface area (Å²) in [6.45, 7) is 0.636. The van der Waals surface area contributed by atoms with Crippen LogP contribution in [0.25, 0.3) is 0 Å². The third-order valence-corrected chi connectivity index (χ3v) is 4.02. The van der Waals surface area contributed by atoms with E-state index in [4.69, 9.17) is 10.3 Å². The Morgan fingerprint density at radius 3 is 3.00 bits per heavy atom. The van der Waals surface area contributed by atoms with Gasteiger partial charge in [0.15, 0.2) is 5.69 Å². The van der Waals surface area contributed by atoms with E-state index in [1.54, 1.807) is 6.07 Å². The van der Waals surface area contributed by atoms with Crippen molar-refractivity contribution in [3.8, 4) is 0 Å². The number of nitrogens with zero attached hydrogens (tertiary/aromatic N) is 1. The second-order valence-corrected chi connectivity index (χ2v) is 5.40. The number of hydrogen-bond acceptors (Lipinski definition) is 4. The molecule has 0 radical (unpaired) electrons. The van der Waals surface area contributed by atoms with Crippen molar-refractivity contribution in [2.24, 2.45) is 11.7 Å². The largest absolute Gasteiger partial charge is 0.360 e. The number of amides is 1. The number of carbonyl (C=O) groups excluding carboxylic acids is 1. The van der Waals surface area contributed by atoms with Crippen molar-refractivity contribution in [3.05, 3.63) is 17.5 Å². The fraction of sp³-hybridized carbons (Fsp3) is 0.692. The Kier molecular flexibility index (Phi) is 3.07. The number of aromatic nitrogens is 1. The van der Waals surface area contributed by atoms with Gasteiger partial charge in [0.25, 0.3) is 5.91 Å². The second kappa shape index (κ2) is 4.72. The lowest BCUT2D eigenvalue weighted by Gasteiger charge is -2.18. The lowest BCUT2D eigenvalue weighted by atomic mass is 10.0. The van der Waals surface area contributed by atoms with Crippen molar-refractivity contribution in [3.63, 3.8) is 0 Å². The van der Waals surface area contributed by atoms with Gasteiger partial charge in [0.1, 0.15) is 5.76 Å². The van der Waals surface area contributed by atoms with E-state index in [1.807, 2.05) is 0 Å². The summed E-state index contributed by atoms with van der Waals surface area (Å²) in [7, 11) is 0. The molecule has 0 bridgehead atoms. The van der Waals surface area contributed by atoms with Crippen molar-refractivity contribution < 1.29 is 9.32 Å². The van der Waals surface area contributed by atoms with E-state index in [0.29, 0.717) is 24.1 Å². The van der Waals surface area contributed by atoms with E-state index >= 15 is 0 Å². The van der Waals surface area contributed by atoms with Gasteiger partial charge in [0, 0.05) is 18.0 Å².